The van der Waals surface area contributed by atoms with Crippen LogP contribution in [0.2, 0.25) is 10.0 Å². The second-order valence-corrected chi connectivity index (χ2v) is 5.48. The van der Waals surface area contributed by atoms with Crippen LogP contribution in [0.3, 0.4) is 0 Å². The van der Waals surface area contributed by atoms with E-state index in [1.807, 2.05) is 0 Å². The summed E-state index contributed by atoms with van der Waals surface area (Å²) < 4.78 is 18.0. The molecule has 0 atom stereocenters. The maximum absolute atomic E-state index is 12.9. The van der Waals surface area contributed by atoms with E-state index in [0.717, 1.165) is 0 Å². The van der Waals surface area contributed by atoms with Gasteiger partial charge in [0.25, 0.3) is 5.91 Å². The quantitative estimate of drug-likeness (QED) is 0.719. The molecular weight excluding hydrogens is 342 g/mol. The van der Waals surface area contributed by atoms with E-state index in [1.165, 1.54) is 36.4 Å². The Labute approximate surface area is 140 Å². The number of carbonyl (C=O) groups is 1. The summed E-state index contributed by atoms with van der Waals surface area (Å²) in [6.07, 6.45) is 0. The summed E-state index contributed by atoms with van der Waals surface area (Å²) in [5.41, 5.74) is 1.19. The first kappa shape index (κ1) is 15.5. The molecule has 0 fully saturated rings. The van der Waals surface area contributed by atoms with Gasteiger partial charge in [0.1, 0.15) is 5.82 Å². The van der Waals surface area contributed by atoms with E-state index in [-0.39, 0.29) is 11.5 Å². The van der Waals surface area contributed by atoms with Crippen LogP contribution in [0, 0.1) is 5.82 Å². The molecule has 4 nitrogen and oxygen atoms in total. The van der Waals surface area contributed by atoms with Gasteiger partial charge in [-0.3, -0.25) is 4.79 Å². The van der Waals surface area contributed by atoms with Gasteiger partial charge < -0.3 is 9.84 Å². The molecule has 3 aromatic rings. The highest BCUT2D eigenvalue weighted by molar-refractivity contribution is 6.42. The van der Waals surface area contributed by atoms with Gasteiger partial charge >= 0.3 is 0 Å². The molecule has 2 aromatic carbocycles. The molecule has 0 saturated heterocycles. The van der Waals surface area contributed by atoms with Gasteiger partial charge in [-0.05, 0) is 42.5 Å². The second kappa shape index (κ2) is 6.40. The predicted molar refractivity (Wildman–Crippen MR) is 86.3 cm³/mol. The monoisotopic (exact) mass is 350 g/mol. The van der Waals surface area contributed by atoms with Crippen LogP contribution in [0.4, 0.5) is 10.1 Å². The first-order chi connectivity index (χ1) is 11.0. The van der Waals surface area contributed by atoms with Crippen LogP contribution >= 0.6 is 23.2 Å². The van der Waals surface area contributed by atoms with E-state index in [2.05, 4.69) is 10.5 Å². The van der Waals surface area contributed by atoms with Crippen molar-refractivity contribution in [2.24, 2.45) is 0 Å². The Hall–Kier alpha value is -2.37. The summed E-state index contributed by atoms with van der Waals surface area (Å²) in [5, 5.41) is 7.07. The molecule has 0 bridgehead atoms. The first-order valence-corrected chi connectivity index (χ1v) is 7.27. The number of carbonyl (C=O) groups excluding carboxylic acids is 1. The standard InChI is InChI=1S/C16H9Cl2FN2O2/c17-12-6-5-11(7-13(12)18)20-16(22)14-8-15(23-21-14)9-1-3-10(19)4-2-9/h1-8H,(H,20,22). The molecule has 7 heteroatoms. The smallest absolute Gasteiger partial charge is 0.277 e. The molecule has 0 radical (unpaired) electrons. The Kier molecular flexibility index (Phi) is 4.32. The molecule has 3 rings (SSSR count). The number of benzene rings is 2. The number of aromatic nitrogens is 1. The van der Waals surface area contributed by atoms with Crippen LogP contribution in [0.15, 0.2) is 53.1 Å². The van der Waals surface area contributed by atoms with Crippen molar-refractivity contribution < 1.29 is 13.7 Å². The van der Waals surface area contributed by atoms with Crippen molar-refractivity contribution in [1.29, 1.82) is 0 Å². The van der Waals surface area contributed by atoms with Crippen LogP contribution in [0.25, 0.3) is 11.3 Å². The molecule has 0 aliphatic carbocycles. The first-order valence-electron chi connectivity index (χ1n) is 6.52. The Morgan fingerprint density at radius 3 is 2.48 bits per heavy atom. The van der Waals surface area contributed by atoms with Gasteiger partial charge in [0.2, 0.25) is 0 Å². The fourth-order valence-electron chi connectivity index (χ4n) is 1.90. The van der Waals surface area contributed by atoms with Crippen molar-refractivity contribution in [3.05, 3.63) is 70.1 Å². The van der Waals surface area contributed by atoms with Gasteiger partial charge in [0.05, 0.1) is 10.0 Å². The number of hydrogen-bond acceptors (Lipinski definition) is 3. The van der Waals surface area contributed by atoms with Crippen molar-refractivity contribution in [3.63, 3.8) is 0 Å². The normalized spacial score (nSPS) is 10.6. The van der Waals surface area contributed by atoms with Crippen molar-refractivity contribution in [2.75, 3.05) is 5.32 Å². The lowest BCUT2D eigenvalue weighted by molar-refractivity contribution is 0.101. The van der Waals surface area contributed by atoms with E-state index < -0.39 is 5.91 Å². The molecule has 1 aromatic heterocycles. The predicted octanol–water partition coefficient (Wildman–Crippen LogP) is 5.04. The summed E-state index contributed by atoms with van der Waals surface area (Å²) in [6, 6.07) is 11.9. The molecule has 0 unspecified atom stereocenters. The molecule has 1 N–H and O–H groups in total. The van der Waals surface area contributed by atoms with Gasteiger partial charge in [-0.25, -0.2) is 4.39 Å². The average molecular weight is 351 g/mol. The highest BCUT2D eigenvalue weighted by Gasteiger charge is 2.14. The number of rotatable bonds is 3. The van der Waals surface area contributed by atoms with Gasteiger partial charge in [-0.2, -0.15) is 0 Å². The number of nitrogens with one attached hydrogen (secondary N) is 1. The third-order valence-electron chi connectivity index (χ3n) is 3.05. The van der Waals surface area contributed by atoms with Gasteiger partial charge in [-0.1, -0.05) is 28.4 Å². The molecule has 0 aliphatic rings. The molecule has 1 amide bonds. The summed E-state index contributed by atoms with van der Waals surface area (Å²) in [5.74, 6) is -0.448. The summed E-state index contributed by atoms with van der Waals surface area (Å²) in [4.78, 5) is 12.1. The molecule has 0 saturated carbocycles. The Morgan fingerprint density at radius 1 is 1.04 bits per heavy atom. The molecule has 0 aliphatic heterocycles. The second-order valence-electron chi connectivity index (χ2n) is 4.67. The molecule has 23 heavy (non-hydrogen) atoms. The lowest BCUT2D eigenvalue weighted by atomic mass is 10.1. The zero-order chi connectivity index (χ0) is 16.4. The number of halogens is 3. The van der Waals surface area contributed by atoms with E-state index in [1.54, 1.807) is 12.1 Å². The third kappa shape index (κ3) is 3.52. The average Bonchev–Trinajstić information content (AvgIpc) is 3.02. The highest BCUT2D eigenvalue weighted by Crippen LogP contribution is 2.26. The maximum Gasteiger partial charge on any atom is 0.277 e. The van der Waals surface area contributed by atoms with Crippen LogP contribution in [0.1, 0.15) is 10.5 Å². The number of nitrogens with zero attached hydrogens (tertiary/aromatic N) is 1. The zero-order valence-electron chi connectivity index (χ0n) is 11.5. The van der Waals surface area contributed by atoms with Crippen molar-refractivity contribution in [1.82, 2.24) is 5.16 Å². The minimum Gasteiger partial charge on any atom is -0.355 e. The largest absolute Gasteiger partial charge is 0.355 e. The van der Waals surface area contributed by atoms with Gasteiger partial charge in [0.15, 0.2) is 11.5 Å². The van der Waals surface area contributed by atoms with Crippen molar-refractivity contribution >= 4 is 34.8 Å². The molecule has 1 heterocycles. The highest BCUT2D eigenvalue weighted by atomic mass is 35.5. The van der Waals surface area contributed by atoms with E-state index in [9.17, 15) is 9.18 Å². The number of hydrogen-bond donors (Lipinski definition) is 1. The minimum absolute atomic E-state index is 0.0930. The van der Waals surface area contributed by atoms with Gasteiger partial charge in [-0.15, -0.1) is 0 Å². The summed E-state index contributed by atoms with van der Waals surface area (Å²) in [6.45, 7) is 0. The summed E-state index contributed by atoms with van der Waals surface area (Å²) in [7, 11) is 0. The van der Waals surface area contributed by atoms with Crippen LogP contribution < -0.4 is 5.32 Å². The summed E-state index contributed by atoms with van der Waals surface area (Å²) >= 11 is 11.7. The fraction of sp³-hybridized carbons (Fsp3) is 0. The third-order valence-corrected chi connectivity index (χ3v) is 3.79. The Balaban J connectivity index is 1.78. The fourth-order valence-corrected chi connectivity index (χ4v) is 2.20. The molecule has 116 valence electrons. The SMILES string of the molecule is O=C(Nc1ccc(Cl)c(Cl)c1)c1cc(-c2ccc(F)cc2)on1. The molecule has 0 spiro atoms. The Bertz CT molecular complexity index is 863. The van der Waals surface area contributed by atoms with E-state index in [4.69, 9.17) is 27.7 Å². The van der Waals surface area contributed by atoms with Crippen LogP contribution in [-0.4, -0.2) is 11.1 Å². The lowest BCUT2D eigenvalue weighted by Gasteiger charge is -2.03. The van der Waals surface area contributed by atoms with Crippen molar-refractivity contribution in [3.8, 4) is 11.3 Å². The topological polar surface area (TPSA) is 55.1 Å². The van der Waals surface area contributed by atoms with Crippen molar-refractivity contribution in [2.45, 2.75) is 0 Å². The van der Waals surface area contributed by atoms with E-state index >= 15 is 0 Å². The lowest BCUT2D eigenvalue weighted by Crippen LogP contribution is -2.12. The Morgan fingerprint density at radius 2 is 1.78 bits per heavy atom. The van der Waals surface area contributed by atoms with E-state index in [0.29, 0.717) is 27.1 Å². The number of amides is 1. The molecular formula is C16H9Cl2FN2O2. The van der Waals surface area contributed by atoms with Crippen LogP contribution in [-0.2, 0) is 0 Å². The van der Waals surface area contributed by atoms with Crippen LogP contribution in [0.5, 0.6) is 0 Å². The minimum atomic E-state index is -0.458. The number of anilines is 1. The zero-order valence-corrected chi connectivity index (χ0v) is 13.0. The van der Waals surface area contributed by atoms with Gasteiger partial charge in [0, 0.05) is 17.3 Å². The maximum atomic E-state index is 12.9.